The van der Waals surface area contributed by atoms with E-state index in [-0.39, 0.29) is 10.9 Å². The predicted molar refractivity (Wildman–Crippen MR) is 257 cm³/mol. The first kappa shape index (κ1) is 33.8. The number of aromatic nitrogens is 1. The van der Waals surface area contributed by atoms with E-state index < -0.39 is 0 Å². The predicted octanol–water partition coefficient (Wildman–Crippen LogP) is 14.3. The minimum absolute atomic E-state index is 0.0928. The topological polar surface area (TPSA) is 38.5 Å². The van der Waals surface area contributed by atoms with Gasteiger partial charge in [-0.1, -0.05) is 176 Å². The van der Waals surface area contributed by atoms with E-state index in [1.807, 2.05) is 30.3 Å². The normalized spacial score (nSPS) is 12.1. The molecule has 13 rings (SSSR count). The molecule has 0 aliphatic carbocycles. The first-order chi connectivity index (χ1) is 30.1. The molecule has 282 valence electrons. The van der Waals surface area contributed by atoms with Gasteiger partial charge in [0, 0.05) is 32.3 Å². The minimum atomic E-state index is -0.0928. The van der Waals surface area contributed by atoms with Gasteiger partial charge in [-0.05, 0) is 101 Å². The van der Waals surface area contributed by atoms with Crippen LogP contribution in [0.2, 0.25) is 0 Å². The molecule has 13 aromatic rings. The first-order valence-electron chi connectivity index (χ1n) is 20.8. The molecule has 0 saturated carbocycles. The lowest BCUT2D eigenvalue weighted by Gasteiger charge is -2.21. The van der Waals surface area contributed by atoms with Crippen LogP contribution in [0.1, 0.15) is 0 Å². The number of pyridine rings is 2. The number of benzene rings is 11. The molecule has 61 heavy (non-hydrogen) atoms. The van der Waals surface area contributed by atoms with Gasteiger partial charge in [0.25, 0.3) is 0 Å². The third-order valence-corrected chi connectivity index (χ3v) is 13.1. The number of nitrogens with zero attached hydrogens (tertiary/aromatic N) is 1. The van der Waals surface area contributed by atoms with Crippen molar-refractivity contribution in [1.29, 1.82) is 0 Å². The summed E-state index contributed by atoms with van der Waals surface area (Å²) in [4.78, 5) is 31.2. The van der Waals surface area contributed by atoms with Crippen LogP contribution in [0.3, 0.4) is 0 Å². The fourth-order valence-electron chi connectivity index (χ4n) is 10.4. The molecule has 0 radical (unpaired) electrons. The summed E-state index contributed by atoms with van der Waals surface area (Å²) < 4.78 is 2.26. The fourth-order valence-corrected chi connectivity index (χ4v) is 10.4. The summed E-state index contributed by atoms with van der Waals surface area (Å²) in [6, 6.07) is 69.3. The van der Waals surface area contributed by atoms with Crippen molar-refractivity contribution in [2.75, 3.05) is 0 Å². The Morgan fingerprint density at radius 3 is 1.00 bits per heavy atom. The third kappa shape index (κ3) is 4.74. The molecule has 0 N–H and O–H groups in total. The highest BCUT2D eigenvalue weighted by molar-refractivity contribution is 6.24. The van der Waals surface area contributed by atoms with Crippen molar-refractivity contribution < 1.29 is 0 Å². The van der Waals surface area contributed by atoms with E-state index in [1.54, 1.807) is 0 Å². The Balaban J connectivity index is 1.29. The molecule has 0 amide bonds. The molecule has 3 nitrogen and oxygen atoms in total. The molecule has 0 fully saturated rings. The van der Waals surface area contributed by atoms with Crippen molar-refractivity contribution in [1.82, 2.24) is 4.40 Å². The molecule has 0 atom stereocenters. The quantitative estimate of drug-likeness (QED) is 0.132. The number of rotatable bonds is 3. The molecule has 0 aliphatic rings. The van der Waals surface area contributed by atoms with Gasteiger partial charge in [-0.25, -0.2) is 0 Å². The maximum atomic E-state index is 15.6. The van der Waals surface area contributed by atoms with Crippen LogP contribution in [-0.2, 0) is 0 Å². The molecule has 2 heterocycles. The van der Waals surface area contributed by atoms with E-state index in [0.29, 0.717) is 27.1 Å². The average molecular weight is 776 g/mol. The lowest BCUT2D eigenvalue weighted by molar-refractivity contribution is 1.33. The lowest BCUT2D eigenvalue weighted by atomic mass is 9.89. The van der Waals surface area contributed by atoms with Crippen LogP contribution in [0.15, 0.2) is 210 Å². The van der Waals surface area contributed by atoms with Crippen molar-refractivity contribution in [3.63, 3.8) is 0 Å². The number of fused-ring (bicyclic) bond motifs is 11. The van der Waals surface area contributed by atoms with Gasteiger partial charge in [-0.3, -0.25) is 9.59 Å². The van der Waals surface area contributed by atoms with Gasteiger partial charge in [0.2, 0.25) is 0 Å². The van der Waals surface area contributed by atoms with Crippen molar-refractivity contribution in [3.05, 3.63) is 221 Å². The second-order valence-corrected chi connectivity index (χ2v) is 16.2. The van der Waals surface area contributed by atoms with Crippen molar-refractivity contribution in [3.8, 4) is 33.4 Å². The molecule has 0 bridgehead atoms. The summed E-state index contributed by atoms with van der Waals surface area (Å²) in [5.41, 5.74) is 8.01. The molecule has 0 saturated heterocycles. The van der Waals surface area contributed by atoms with Crippen LogP contribution in [0, 0.1) is 0 Å². The summed E-state index contributed by atoms with van der Waals surface area (Å²) in [5, 5.41) is 12.9. The van der Waals surface area contributed by atoms with Gasteiger partial charge in [0.1, 0.15) is 0 Å². The van der Waals surface area contributed by atoms with Crippen LogP contribution >= 0.6 is 0 Å². The summed E-state index contributed by atoms with van der Waals surface area (Å²) in [6.07, 6.45) is 0. The minimum Gasteiger partial charge on any atom is -0.306 e. The van der Waals surface area contributed by atoms with Gasteiger partial charge in [0.05, 0.1) is 16.6 Å². The standard InChI is InChI=1S/C58H33NO2/c60-57-50-30-37(41-27-11-17-34-14-1-4-20-38(34)41)31-51-56(50)59(54-46-25-9-7-23-44(46)48(32-52(54)57)42-28-12-18-35-15-2-5-21-39(35)42)55-47-26-10-8-24-45(47)49(33-53(55)58(51)61)43-29-13-19-36-16-3-6-22-40(36)43/h1-33H. The van der Waals surface area contributed by atoms with E-state index in [0.717, 1.165) is 98.3 Å². The van der Waals surface area contributed by atoms with Gasteiger partial charge >= 0.3 is 0 Å². The highest BCUT2D eigenvalue weighted by atomic mass is 16.1. The Hall–Kier alpha value is -8.14. The molecule has 11 aromatic carbocycles. The Morgan fingerprint density at radius 1 is 0.246 bits per heavy atom. The molecule has 3 heteroatoms. The molecule has 0 unspecified atom stereocenters. The second kappa shape index (κ2) is 12.7. The summed E-state index contributed by atoms with van der Waals surface area (Å²) in [6.45, 7) is 0. The third-order valence-electron chi connectivity index (χ3n) is 13.1. The summed E-state index contributed by atoms with van der Waals surface area (Å²) >= 11 is 0. The summed E-state index contributed by atoms with van der Waals surface area (Å²) in [7, 11) is 0. The van der Waals surface area contributed by atoms with Crippen LogP contribution < -0.4 is 10.9 Å². The van der Waals surface area contributed by atoms with E-state index in [4.69, 9.17) is 0 Å². The van der Waals surface area contributed by atoms with Crippen molar-refractivity contribution in [2.45, 2.75) is 0 Å². The molecule has 0 spiro atoms. The lowest BCUT2D eigenvalue weighted by Crippen LogP contribution is -2.15. The maximum Gasteiger partial charge on any atom is 0.197 e. The van der Waals surface area contributed by atoms with E-state index in [1.165, 1.54) is 0 Å². The molecule has 2 aromatic heterocycles. The van der Waals surface area contributed by atoms with Crippen LogP contribution in [0.5, 0.6) is 0 Å². The number of hydrogen-bond donors (Lipinski definition) is 0. The van der Waals surface area contributed by atoms with Gasteiger partial charge in [-0.2, -0.15) is 0 Å². The Bertz CT molecular complexity index is 3920. The Kier molecular flexibility index (Phi) is 7.02. The summed E-state index contributed by atoms with van der Waals surface area (Å²) in [5.74, 6) is 0. The average Bonchev–Trinajstić information content (AvgIpc) is 3.32. The maximum absolute atomic E-state index is 15.6. The fraction of sp³-hybridized carbons (Fsp3) is 0. The molecular formula is C58H33NO2. The zero-order chi connectivity index (χ0) is 40.3. The zero-order valence-electron chi connectivity index (χ0n) is 32.8. The largest absolute Gasteiger partial charge is 0.306 e. The molecular weight excluding hydrogens is 743 g/mol. The van der Waals surface area contributed by atoms with E-state index in [9.17, 15) is 0 Å². The monoisotopic (exact) mass is 775 g/mol. The van der Waals surface area contributed by atoms with Crippen molar-refractivity contribution >= 4 is 92.0 Å². The second-order valence-electron chi connectivity index (χ2n) is 16.2. The van der Waals surface area contributed by atoms with E-state index in [2.05, 4.69) is 174 Å². The Labute approximate surface area is 348 Å². The highest BCUT2D eigenvalue weighted by Gasteiger charge is 2.24. The van der Waals surface area contributed by atoms with Gasteiger partial charge in [-0.15, -0.1) is 0 Å². The highest BCUT2D eigenvalue weighted by Crippen LogP contribution is 2.43. The van der Waals surface area contributed by atoms with Gasteiger partial charge < -0.3 is 4.40 Å². The van der Waals surface area contributed by atoms with Crippen LogP contribution in [0.4, 0.5) is 0 Å². The smallest absolute Gasteiger partial charge is 0.197 e. The SMILES string of the molecule is O=c1c2cc(-c3cccc4ccccc34)cc3c(=O)c4cc(-c5cccc6ccccc56)c5ccccc5c4n(c23)c2c1cc(-c1cccc3ccccc13)c1ccccc12. The van der Waals surface area contributed by atoms with Crippen molar-refractivity contribution in [2.24, 2.45) is 0 Å². The Morgan fingerprint density at radius 2 is 0.557 bits per heavy atom. The van der Waals surface area contributed by atoms with E-state index >= 15 is 9.59 Å². The molecule has 0 aliphatic heterocycles. The van der Waals surface area contributed by atoms with Gasteiger partial charge in [0.15, 0.2) is 10.9 Å². The number of hydrogen-bond acceptors (Lipinski definition) is 2. The first-order valence-corrected chi connectivity index (χ1v) is 20.8. The zero-order valence-corrected chi connectivity index (χ0v) is 32.8. The van der Waals surface area contributed by atoms with Crippen LogP contribution in [0.25, 0.3) is 125 Å². The van der Waals surface area contributed by atoms with Crippen LogP contribution in [-0.4, -0.2) is 4.40 Å².